The molecular formula is C20H26N4O4. The maximum absolute atomic E-state index is 12.7. The number of benzene rings is 1. The minimum Gasteiger partial charge on any atom is -0.481 e. The first-order valence-corrected chi connectivity index (χ1v) is 9.66. The molecule has 28 heavy (non-hydrogen) atoms. The van der Waals surface area contributed by atoms with Gasteiger partial charge in [0.25, 0.3) is 0 Å². The molecule has 1 aromatic carbocycles. The molecule has 0 unspecified atom stereocenters. The number of aromatic amines is 1. The highest BCUT2D eigenvalue weighted by molar-refractivity contribution is 5.86. The van der Waals surface area contributed by atoms with E-state index in [1.807, 2.05) is 24.3 Å². The van der Waals surface area contributed by atoms with Crippen LogP contribution in [0.4, 0.5) is 0 Å². The van der Waals surface area contributed by atoms with Crippen molar-refractivity contribution in [3.05, 3.63) is 30.1 Å². The van der Waals surface area contributed by atoms with Gasteiger partial charge in [0.15, 0.2) is 0 Å². The highest BCUT2D eigenvalue weighted by Gasteiger charge is 2.30. The summed E-state index contributed by atoms with van der Waals surface area (Å²) in [4.78, 5) is 45.0. The zero-order chi connectivity index (χ0) is 20.1. The Morgan fingerprint density at radius 3 is 2.93 bits per heavy atom. The second kappa shape index (κ2) is 8.86. The summed E-state index contributed by atoms with van der Waals surface area (Å²) in [5, 5.41) is 11.4. The molecule has 2 heterocycles. The van der Waals surface area contributed by atoms with E-state index in [0.29, 0.717) is 19.4 Å². The van der Waals surface area contributed by atoms with Crippen LogP contribution in [0.1, 0.15) is 38.4 Å². The van der Waals surface area contributed by atoms with E-state index in [2.05, 4.69) is 15.3 Å². The summed E-state index contributed by atoms with van der Waals surface area (Å²) in [6.07, 6.45) is 2.90. The second-order valence-electron chi connectivity index (χ2n) is 7.40. The van der Waals surface area contributed by atoms with Gasteiger partial charge in [0.05, 0.1) is 24.0 Å². The van der Waals surface area contributed by atoms with Crippen LogP contribution in [0.5, 0.6) is 0 Å². The van der Waals surface area contributed by atoms with E-state index in [4.69, 9.17) is 5.11 Å². The molecule has 3 N–H and O–H groups in total. The molecule has 0 bridgehead atoms. The Morgan fingerprint density at radius 2 is 2.18 bits per heavy atom. The van der Waals surface area contributed by atoms with Crippen molar-refractivity contribution in [1.29, 1.82) is 0 Å². The number of carboxylic acids is 1. The van der Waals surface area contributed by atoms with Gasteiger partial charge in [0.2, 0.25) is 11.8 Å². The van der Waals surface area contributed by atoms with Gasteiger partial charge in [-0.15, -0.1) is 0 Å². The van der Waals surface area contributed by atoms with Gasteiger partial charge in [-0.2, -0.15) is 0 Å². The third-order valence-electron chi connectivity index (χ3n) is 5.03. The summed E-state index contributed by atoms with van der Waals surface area (Å²) in [5.74, 6) is -0.548. The highest BCUT2D eigenvalue weighted by atomic mass is 16.4. The summed E-state index contributed by atoms with van der Waals surface area (Å²) in [7, 11) is 0. The van der Waals surface area contributed by atoms with Gasteiger partial charge in [-0.25, -0.2) is 4.98 Å². The molecule has 1 saturated heterocycles. The number of aryl methyl sites for hydroxylation is 1. The number of hydrogen-bond donors (Lipinski definition) is 3. The number of nitrogens with zero attached hydrogens (tertiary/aromatic N) is 2. The normalized spacial score (nSPS) is 18.2. The first-order valence-electron chi connectivity index (χ1n) is 9.66. The molecule has 2 aromatic rings. The molecule has 1 fully saturated rings. The number of carbonyl (C=O) groups is 3. The van der Waals surface area contributed by atoms with Crippen molar-refractivity contribution in [3.8, 4) is 0 Å². The molecule has 8 heteroatoms. The Labute approximate surface area is 163 Å². The van der Waals surface area contributed by atoms with Crippen molar-refractivity contribution in [1.82, 2.24) is 20.2 Å². The number of amides is 2. The SMILES string of the molecule is C[C@H](CC(=O)O)NC(=O)CN1CCC[C@H](CCc2nc3ccccc3[nH]2)C1=O. The third-order valence-corrected chi connectivity index (χ3v) is 5.03. The number of aliphatic carboxylic acids is 1. The van der Waals surface area contributed by atoms with E-state index in [-0.39, 0.29) is 30.7 Å². The van der Waals surface area contributed by atoms with Crippen molar-refractivity contribution in [2.24, 2.45) is 5.92 Å². The van der Waals surface area contributed by atoms with Crippen LogP contribution >= 0.6 is 0 Å². The van der Waals surface area contributed by atoms with Crippen LogP contribution in [0.3, 0.4) is 0 Å². The van der Waals surface area contributed by atoms with E-state index in [0.717, 1.165) is 29.7 Å². The Balaban J connectivity index is 1.51. The molecule has 2 amide bonds. The minimum absolute atomic E-state index is 0.0107. The van der Waals surface area contributed by atoms with Crippen molar-refractivity contribution >= 4 is 28.8 Å². The fraction of sp³-hybridized carbons (Fsp3) is 0.500. The molecular weight excluding hydrogens is 360 g/mol. The van der Waals surface area contributed by atoms with E-state index < -0.39 is 12.0 Å². The number of rotatable bonds is 8. The summed E-state index contributed by atoms with van der Waals surface area (Å²) >= 11 is 0. The summed E-state index contributed by atoms with van der Waals surface area (Å²) in [6.45, 7) is 2.17. The average Bonchev–Trinajstić information content (AvgIpc) is 3.04. The standard InChI is InChI=1S/C20H26N4O4/c1-13(11-19(26)27)21-18(25)12-24-10-4-5-14(20(24)28)8-9-17-22-15-6-2-3-7-16(15)23-17/h2-3,6-7,13-14H,4-5,8-12H2,1H3,(H,21,25)(H,22,23)(H,26,27)/t13-,14-/m1/s1. The number of piperidine rings is 1. The first-order chi connectivity index (χ1) is 13.4. The quantitative estimate of drug-likeness (QED) is 0.639. The fourth-order valence-corrected chi connectivity index (χ4v) is 3.69. The smallest absolute Gasteiger partial charge is 0.305 e. The summed E-state index contributed by atoms with van der Waals surface area (Å²) < 4.78 is 0. The van der Waals surface area contributed by atoms with Gasteiger partial charge in [0, 0.05) is 24.9 Å². The van der Waals surface area contributed by atoms with Crippen LogP contribution in [0.25, 0.3) is 11.0 Å². The highest BCUT2D eigenvalue weighted by Crippen LogP contribution is 2.23. The van der Waals surface area contributed by atoms with E-state index >= 15 is 0 Å². The Bertz CT molecular complexity index is 830. The zero-order valence-corrected chi connectivity index (χ0v) is 16.0. The first kappa shape index (κ1) is 19.9. The number of hydrogen-bond acceptors (Lipinski definition) is 4. The van der Waals surface area contributed by atoms with Crippen LogP contribution in [0.2, 0.25) is 0 Å². The molecule has 8 nitrogen and oxygen atoms in total. The maximum atomic E-state index is 12.7. The van der Waals surface area contributed by atoms with Crippen LogP contribution < -0.4 is 5.32 Å². The molecule has 2 atom stereocenters. The van der Waals surface area contributed by atoms with Crippen LogP contribution in [0.15, 0.2) is 24.3 Å². The van der Waals surface area contributed by atoms with Gasteiger partial charge >= 0.3 is 5.97 Å². The topological polar surface area (TPSA) is 115 Å². The van der Waals surface area contributed by atoms with Gasteiger partial charge in [-0.3, -0.25) is 14.4 Å². The van der Waals surface area contributed by atoms with E-state index in [9.17, 15) is 14.4 Å². The number of nitrogens with one attached hydrogen (secondary N) is 2. The predicted octanol–water partition coefficient (Wildman–Crippen LogP) is 1.71. The predicted molar refractivity (Wildman–Crippen MR) is 104 cm³/mol. The van der Waals surface area contributed by atoms with Crippen LogP contribution in [-0.2, 0) is 20.8 Å². The fourth-order valence-electron chi connectivity index (χ4n) is 3.69. The van der Waals surface area contributed by atoms with Crippen molar-refractivity contribution < 1.29 is 19.5 Å². The van der Waals surface area contributed by atoms with Crippen molar-refractivity contribution in [3.63, 3.8) is 0 Å². The molecule has 1 aromatic heterocycles. The van der Waals surface area contributed by atoms with Gasteiger partial charge in [-0.05, 0) is 38.3 Å². The second-order valence-corrected chi connectivity index (χ2v) is 7.40. The van der Waals surface area contributed by atoms with Crippen LogP contribution in [0, 0.1) is 5.92 Å². The molecule has 1 aliphatic heterocycles. The van der Waals surface area contributed by atoms with E-state index in [1.165, 1.54) is 0 Å². The molecule has 3 rings (SSSR count). The number of carbonyl (C=O) groups excluding carboxylic acids is 2. The van der Waals surface area contributed by atoms with Crippen molar-refractivity contribution in [2.45, 2.75) is 45.1 Å². The number of para-hydroxylation sites is 2. The van der Waals surface area contributed by atoms with Gasteiger partial charge in [-0.1, -0.05) is 12.1 Å². The lowest BCUT2D eigenvalue weighted by Gasteiger charge is -2.32. The number of fused-ring (bicyclic) bond motifs is 1. The molecule has 0 radical (unpaired) electrons. The molecule has 0 spiro atoms. The average molecular weight is 386 g/mol. The van der Waals surface area contributed by atoms with Gasteiger partial charge < -0.3 is 20.3 Å². The number of imidazole rings is 1. The lowest BCUT2D eigenvalue weighted by atomic mass is 9.92. The summed E-state index contributed by atoms with van der Waals surface area (Å²) in [5.41, 5.74) is 1.91. The lowest BCUT2D eigenvalue weighted by Crippen LogP contribution is -2.48. The third kappa shape index (κ3) is 5.09. The van der Waals surface area contributed by atoms with Crippen LogP contribution in [-0.4, -0.2) is 56.9 Å². The molecule has 150 valence electrons. The Morgan fingerprint density at radius 1 is 1.39 bits per heavy atom. The Hall–Kier alpha value is -2.90. The number of H-pyrrole nitrogens is 1. The lowest BCUT2D eigenvalue weighted by molar-refractivity contribution is -0.143. The zero-order valence-electron chi connectivity index (χ0n) is 16.0. The molecule has 1 aliphatic rings. The number of likely N-dealkylation sites (tertiary alicyclic amines) is 1. The largest absolute Gasteiger partial charge is 0.481 e. The molecule has 0 aliphatic carbocycles. The van der Waals surface area contributed by atoms with E-state index in [1.54, 1.807) is 11.8 Å². The number of carboxylic acid groups (broad SMARTS) is 1. The Kier molecular flexibility index (Phi) is 6.28. The number of aromatic nitrogens is 2. The van der Waals surface area contributed by atoms with Gasteiger partial charge in [0.1, 0.15) is 5.82 Å². The minimum atomic E-state index is -0.965. The maximum Gasteiger partial charge on any atom is 0.305 e. The summed E-state index contributed by atoms with van der Waals surface area (Å²) in [6, 6.07) is 7.36. The molecule has 0 saturated carbocycles. The monoisotopic (exact) mass is 386 g/mol. The van der Waals surface area contributed by atoms with Crippen molar-refractivity contribution in [2.75, 3.05) is 13.1 Å².